The van der Waals surface area contributed by atoms with Crippen LogP contribution in [0.5, 0.6) is 0 Å². The van der Waals surface area contributed by atoms with Gasteiger partial charge in [-0.15, -0.1) is 11.3 Å². The van der Waals surface area contributed by atoms with Gasteiger partial charge in [-0.1, -0.05) is 12.2 Å². The molecule has 1 aliphatic heterocycles. The van der Waals surface area contributed by atoms with Gasteiger partial charge in [0.05, 0.1) is 5.01 Å². The second-order valence-corrected chi connectivity index (χ2v) is 4.26. The van der Waals surface area contributed by atoms with Crippen molar-refractivity contribution < 1.29 is 4.79 Å². The van der Waals surface area contributed by atoms with Crippen LogP contribution in [0.25, 0.3) is 0 Å². The van der Waals surface area contributed by atoms with Crippen LogP contribution in [-0.4, -0.2) is 30.0 Å². The molecule has 5 heteroatoms. The molecule has 1 atom stereocenters. The monoisotopic (exact) mass is 223 g/mol. The fourth-order valence-corrected chi connectivity index (χ4v) is 2.05. The molecule has 1 unspecified atom stereocenters. The predicted molar refractivity (Wildman–Crippen MR) is 59.8 cm³/mol. The van der Waals surface area contributed by atoms with E-state index >= 15 is 0 Å². The molecule has 4 nitrogen and oxygen atoms in total. The third-order valence-corrected chi connectivity index (χ3v) is 3.03. The second-order valence-electron chi connectivity index (χ2n) is 3.28. The molecular weight excluding hydrogens is 210 g/mol. The van der Waals surface area contributed by atoms with Crippen LogP contribution in [0.3, 0.4) is 0 Å². The van der Waals surface area contributed by atoms with Crippen molar-refractivity contribution in [2.24, 2.45) is 0 Å². The molecule has 2 heterocycles. The Bertz CT molecular complexity index is 348. The lowest BCUT2D eigenvalue weighted by Crippen LogP contribution is -2.41. The van der Waals surface area contributed by atoms with Crippen molar-refractivity contribution in [3.63, 3.8) is 0 Å². The summed E-state index contributed by atoms with van der Waals surface area (Å²) < 4.78 is 0. The summed E-state index contributed by atoms with van der Waals surface area (Å²) in [7, 11) is 0. The Balaban J connectivity index is 1.69. The van der Waals surface area contributed by atoms with Crippen molar-refractivity contribution in [1.82, 2.24) is 15.6 Å². The maximum atomic E-state index is 11.5. The van der Waals surface area contributed by atoms with E-state index in [1.165, 1.54) is 0 Å². The van der Waals surface area contributed by atoms with Gasteiger partial charge in [-0.05, 0) is 0 Å². The summed E-state index contributed by atoms with van der Waals surface area (Å²) in [6.45, 7) is 1.43. The summed E-state index contributed by atoms with van der Waals surface area (Å²) in [5.74, 6) is 0.0420. The first-order valence-electron chi connectivity index (χ1n) is 4.92. The number of carbonyl (C=O) groups is 1. The van der Waals surface area contributed by atoms with E-state index in [0.717, 1.165) is 18.0 Å². The Morgan fingerprint density at radius 1 is 1.73 bits per heavy atom. The van der Waals surface area contributed by atoms with Crippen LogP contribution in [0.1, 0.15) is 5.01 Å². The minimum atomic E-state index is -0.152. The number of hydrogen-bond donors (Lipinski definition) is 2. The molecule has 0 saturated carbocycles. The number of hydrogen-bond acceptors (Lipinski definition) is 4. The normalized spacial score (nSPS) is 19.3. The first-order valence-corrected chi connectivity index (χ1v) is 5.80. The van der Waals surface area contributed by atoms with Crippen molar-refractivity contribution >= 4 is 17.2 Å². The Hall–Kier alpha value is -1.20. The van der Waals surface area contributed by atoms with Crippen molar-refractivity contribution in [2.75, 3.05) is 13.1 Å². The molecule has 0 spiro atoms. The molecule has 1 aliphatic rings. The van der Waals surface area contributed by atoms with E-state index in [-0.39, 0.29) is 11.9 Å². The molecule has 2 N–H and O–H groups in total. The smallest absolute Gasteiger partial charge is 0.241 e. The fourth-order valence-electron chi connectivity index (χ4n) is 1.43. The van der Waals surface area contributed by atoms with E-state index in [9.17, 15) is 4.79 Å². The fraction of sp³-hybridized carbons (Fsp3) is 0.400. The summed E-state index contributed by atoms with van der Waals surface area (Å²) in [6.07, 6.45) is 6.44. The van der Waals surface area contributed by atoms with Crippen molar-refractivity contribution in [1.29, 1.82) is 0 Å². The van der Waals surface area contributed by atoms with Gasteiger partial charge in [-0.2, -0.15) is 0 Å². The van der Waals surface area contributed by atoms with Gasteiger partial charge < -0.3 is 5.32 Å². The van der Waals surface area contributed by atoms with Gasteiger partial charge in [0.1, 0.15) is 6.04 Å². The van der Waals surface area contributed by atoms with E-state index < -0.39 is 0 Å². The number of thiazole rings is 1. The molecule has 1 amide bonds. The van der Waals surface area contributed by atoms with Crippen molar-refractivity contribution in [3.05, 3.63) is 28.7 Å². The van der Waals surface area contributed by atoms with Gasteiger partial charge in [0.25, 0.3) is 0 Å². The highest BCUT2D eigenvalue weighted by Crippen LogP contribution is 2.03. The number of amides is 1. The highest BCUT2D eigenvalue weighted by molar-refractivity contribution is 7.09. The molecule has 15 heavy (non-hydrogen) atoms. The van der Waals surface area contributed by atoms with Crippen molar-refractivity contribution in [2.45, 2.75) is 12.5 Å². The van der Waals surface area contributed by atoms with Gasteiger partial charge in [0, 0.05) is 31.1 Å². The minimum absolute atomic E-state index is 0.0420. The zero-order chi connectivity index (χ0) is 10.5. The summed E-state index contributed by atoms with van der Waals surface area (Å²) in [5.41, 5.74) is 0. The molecule has 0 saturated heterocycles. The minimum Gasteiger partial charge on any atom is -0.354 e. The summed E-state index contributed by atoms with van der Waals surface area (Å²) in [6, 6.07) is -0.152. The molecular formula is C10H13N3OS. The molecule has 0 bridgehead atoms. The maximum Gasteiger partial charge on any atom is 0.241 e. The standard InChI is InChI=1S/C10H13N3OS/c14-10(8-2-1-4-11-8)13-5-3-9-12-6-7-15-9/h1-2,6-8,11H,3-5H2,(H,13,14). The van der Waals surface area contributed by atoms with Crippen LogP contribution in [0.15, 0.2) is 23.7 Å². The summed E-state index contributed by atoms with van der Waals surface area (Å²) >= 11 is 1.61. The van der Waals surface area contributed by atoms with Gasteiger partial charge in [0.2, 0.25) is 5.91 Å². The number of nitrogens with one attached hydrogen (secondary N) is 2. The highest BCUT2D eigenvalue weighted by Gasteiger charge is 2.16. The molecule has 1 aromatic heterocycles. The predicted octanol–water partition coefficient (Wildman–Crippen LogP) is 0.330. The second kappa shape index (κ2) is 5.04. The van der Waals surface area contributed by atoms with E-state index in [1.54, 1.807) is 17.5 Å². The third kappa shape index (κ3) is 2.87. The average Bonchev–Trinajstić information content (AvgIpc) is 2.90. The molecule has 0 radical (unpaired) electrons. The molecule has 2 rings (SSSR count). The third-order valence-electron chi connectivity index (χ3n) is 2.19. The lowest BCUT2D eigenvalue weighted by Gasteiger charge is -2.09. The molecule has 0 aromatic carbocycles. The quantitative estimate of drug-likeness (QED) is 0.723. The maximum absolute atomic E-state index is 11.5. The largest absolute Gasteiger partial charge is 0.354 e. The topological polar surface area (TPSA) is 54.0 Å². The van der Waals surface area contributed by atoms with Crippen LogP contribution in [0.4, 0.5) is 0 Å². The Morgan fingerprint density at radius 2 is 2.67 bits per heavy atom. The summed E-state index contributed by atoms with van der Waals surface area (Å²) in [4.78, 5) is 15.7. The first kappa shape index (κ1) is 10.3. The van der Waals surface area contributed by atoms with E-state index in [0.29, 0.717) is 6.54 Å². The van der Waals surface area contributed by atoms with Crippen LogP contribution < -0.4 is 10.6 Å². The lowest BCUT2D eigenvalue weighted by molar-refractivity contribution is -0.121. The Labute approximate surface area is 92.4 Å². The van der Waals surface area contributed by atoms with Crippen LogP contribution in [0.2, 0.25) is 0 Å². The number of aromatic nitrogens is 1. The van der Waals surface area contributed by atoms with Crippen LogP contribution in [-0.2, 0) is 11.2 Å². The van der Waals surface area contributed by atoms with Gasteiger partial charge in [-0.25, -0.2) is 4.98 Å². The zero-order valence-electron chi connectivity index (χ0n) is 8.27. The molecule has 0 fully saturated rings. The van der Waals surface area contributed by atoms with E-state index in [1.807, 2.05) is 17.5 Å². The number of nitrogens with zero attached hydrogens (tertiary/aromatic N) is 1. The zero-order valence-corrected chi connectivity index (χ0v) is 9.09. The van der Waals surface area contributed by atoms with E-state index in [2.05, 4.69) is 15.6 Å². The SMILES string of the molecule is O=C(NCCc1nccs1)C1C=CCN1. The molecule has 1 aromatic rings. The summed E-state index contributed by atoms with van der Waals surface area (Å²) in [5, 5.41) is 8.94. The first-order chi connectivity index (χ1) is 7.36. The Morgan fingerprint density at radius 3 is 3.33 bits per heavy atom. The number of carbonyl (C=O) groups excluding carboxylic acids is 1. The van der Waals surface area contributed by atoms with Gasteiger partial charge in [-0.3, -0.25) is 10.1 Å². The Kier molecular flexibility index (Phi) is 3.47. The molecule has 80 valence electrons. The van der Waals surface area contributed by atoms with Gasteiger partial charge in [0.15, 0.2) is 0 Å². The number of rotatable bonds is 4. The van der Waals surface area contributed by atoms with E-state index in [4.69, 9.17) is 0 Å². The van der Waals surface area contributed by atoms with Crippen molar-refractivity contribution in [3.8, 4) is 0 Å². The highest BCUT2D eigenvalue weighted by atomic mass is 32.1. The molecule has 0 aliphatic carbocycles. The van der Waals surface area contributed by atoms with Crippen LogP contribution in [0, 0.1) is 0 Å². The van der Waals surface area contributed by atoms with Gasteiger partial charge >= 0.3 is 0 Å². The lowest BCUT2D eigenvalue weighted by atomic mass is 10.3. The average molecular weight is 223 g/mol. The van der Waals surface area contributed by atoms with Crippen LogP contribution >= 0.6 is 11.3 Å².